The second-order valence-corrected chi connectivity index (χ2v) is 8.49. The summed E-state index contributed by atoms with van der Waals surface area (Å²) in [5.41, 5.74) is 1.00. The zero-order valence-corrected chi connectivity index (χ0v) is 19.5. The number of rotatable bonds is 7. The lowest BCUT2D eigenvalue weighted by Crippen LogP contribution is -2.30. The van der Waals surface area contributed by atoms with Crippen LogP contribution in [0.25, 0.3) is 22.0 Å². The van der Waals surface area contributed by atoms with Crippen LogP contribution in [0.4, 0.5) is 37.8 Å². The number of fused-ring (bicyclic) bond motifs is 1. The van der Waals surface area contributed by atoms with E-state index in [2.05, 4.69) is 20.4 Å². The maximum absolute atomic E-state index is 14.8. The minimum absolute atomic E-state index is 0.0536. The second kappa shape index (κ2) is 10.1. The van der Waals surface area contributed by atoms with E-state index in [1.54, 1.807) is 5.10 Å². The average molecular weight is 539 g/mol. The lowest BCUT2D eigenvalue weighted by atomic mass is 10.1. The van der Waals surface area contributed by atoms with Gasteiger partial charge in [-0.3, -0.25) is 9.59 Å². The smallest absolute Gasteiger partial charge is 0.381 e. The van der Waals surface area contributed by atoms with Crippen molar-refractivity contribution in [3.63, 3.8) is 0 Å². The van der Waals surface area contributed by atoms with Crippen molar-refractivity contribution in [3.8, 4) is 11.3 Å². The van der Waals surface area contributed by atoms with Crippen molar-refractivity contribution in [2.75, 3.05) is 11.1 Å². The second-order valence-electron chi connectivity index (χ2n) is 8.49. The van der Waals surface area contributed by atoms with Crippen molar-refractivity contribution in [1.29, 1.82) is 0 Å². The van der Waals surface area contributed by atoms with Gasteiger partial charge in [-0.25, -0.2) is 23.8 Å². The first kappa shape index (κ1) is 26.6. The molecule has 2 atom stereocenters. The van der Waals surface area contributed by atoms with Gasteiger partial charge < -0.3 is 15.6 Å². The minimum atomic E-state index is -4.96. The van der Waals surface area contributed by atoms with Crippen molar-refractivity contribution in [2.24, 2.45) is 0 Å². The third-order valence-electron chi connectivity index (χ3n) is 5.64. The monoisotopic (exact) mass is 539 g/mol. The molecule has 200 valence electrons. The molecule has 38 heavy (non-hydrogen) atoms. The van der Waals surface area contributed by atoms with Crippen LogP contribution < -0.4 is 22.2 Å². The molecule has 0 unspecified atom stereocenters. The van der Waals surface area contributed by atoms with Gasteiger partial charge in [-0.05, 0) is 30.5 Å². The Balaban J connectivity index is 1.53. The van der Waals surface area contributed by atoms with Crippen molar-refractivity contribution in [2.45, 2.75) is 38.3 Å². The number of nitrogens with one attached hydrogen (secondary N) is 2. The van der Waals surface area contributed by atoms with Crippen LogP contribution in [0.5, 0.6) is 0 Å². The molecule has 9 nitrogen and oxygen atoms in total. The molecule has 0 bridgehead atoms. The van der Waals surface area contributed by atoms with Crippen LogP contribution in [0.2, 0.25) is 0 Å². The maximum Gasteiger partial charge on any atom is 0.423 e. The van der Waals surface area contributed by atoms with Crippen LogP contribution in [0, 0.1) is 11.8 Å². The van der Waals surface area contributed by atoms with E-state index in [-0.39, 0.29) is 23.1 Å². The van der Waals surface area contributed by atoms with Gasteiger partial charge >= 0.3 is 6.18 Å². The number of hydrogen-bond acceptors (Lipinski definition) is 7. The summed E-state index contributed by atoms with van der Waals surface area (Å²) in [5.74, 6) is -2.41. The Hall–Kier alpha value is -4.43. The number of nitrogens with zero attached hydrogens (tertiary/aromatic N) is 4. The molecule has 3 aromatic heterocycles. The minimum Gasteiger partial charge on any atom is -0.381 e. The highest BCUT2D eigenvalue weighted by Gasteiger charge is 2.37. The summed E-state index contributed by atoms with van der Waals surface area (Å²) in [5, 5.41) is 7.70. The third-order valence-corrected chi connectivity index (χ3v) is 5.64. The van der Waals surface area contributed by atoms with Crippen molar-refractivity contribution in [3.05, 3.63) is 74.8 Å². The van der Waals surface area contributed by atoms with Gasteiger partial charge in [0.2, 0.25) is 0 Å². The summed E-state index contributed by atoms with van der Waals surface area (Å²) >= 11 is 0. The van der Waals surface area contributed by atoms with Gasteiger partial charge in [-0.1, -0.05) is 0 Å². The summed E-state index contributed by atoms with van der Waals surface area (Å²) in [6.45, 7) is 0.934. The van der Waals surface area contributed by atoms with Gasteiger partial charge in [-0.2, -0.15) is 22.7 Å². The number of hydrogen-bond donors (Lipinski definition) is 3. The average Bonchev–Trinajstić information content (AvgIpc) is 2.82. The fourth-order valence-electron chi connectivity index (χ4n) is 3.95. The molecule has 0 amide bonds. The summed E-state index contributed by atoms with van der Waals surface area (Å²) in [6, 6.07) is 2.78. The summed E-state index contributed by atoms with van der Waals surface area (Å²) < 4.78 is 83.6. The van der Waals surface area contributed by atoms with Crippen molar-refractivity contribution in [1.82, 2.24) is 24.7 Å². The van der Waals surface area contributed by atoms with E-state index in [9.17, 15) is 35.9 Å². The number of H-pyrrole nitrogens is 1. The molecule has 0 aliphatic rings. The Morgan fingerprint density at radius 2 is 1.92 bits per heavy atom. The maximum atomic E-state index is 14.8. The van der Waals surface area contributed by atoms with E-state index in [1.807, 2.05) is 0 Å². The normalized spacial score (nSPS) is 13.4. The number of alkyl halides is 4. The molecule has 0 saturated carbocycles. The molecule has 1 aromatic carbocycles. The van der Waals surface area contributed by atoms with Gasteiger partial charge in [0.05, 0.1) is 35.7 Å². The highest BCUT2D eigenvalue weighted by Crippen LogP contribution is 2.32. The summed E-state index contributed by atoms with van der Waals surface area (Å²) in [7, 11) is 0. The van der Waals surface area contributed by atoms with Gasteiger partial charge in [0.15, 0.2) is 5.82 Å². The van der Waals surface area contributed by atoms with Crippen LogP contribution in [-0.4, -0.2) is 36.9 Å². The lowest BCUT2D eigenvalue weighted by Gasteiger charge is -2.20. The topological polar surface area (TPSA) is 132 Å². The van der Waals surface area contributed by atoms with Crippen molar-refractivity contribution < 1.29 is 26.3 Å². The van der Waals surface area contributed by atoms with Crippen LogP contribution in [0.3, 0.4) is 0 Å². The van der Waals surface area contributed by atoms with Gasteiger partial charge in [0.1, 0.15) is 17.6 Å². The lowest BCUT2D eigenvalue weighted by molar-refractivity contribution is -0.138. The quantitative estimate of drug-likeness (QED) is 0.306. The van der Waals surface area contributed by atoms with Crippen molar-refractivity contribution >= 4 is 22.3 Å². The SMILES string of the molecule is C[C@@H](C[C@@H](F)Cn1ccc2cc(-c3cnc(F)c(N)n3)c(F)cc2c1=O)Nc1cn[nH]c(=O)c1C(F)(F)F. The number of aromatic nitrogens is 5. The molecule has 4 N–H and O–H groups in total. The van der Waals surface area contributed by atoms with E-state index in [0.29, 0.717) is 5.39 Å². The number of nitrogens with two attached hydrogens (primary N) is 1. The Bertz CT molecular complexity index is 1620. The van der Waals surface area contributed by atoms with E-state index in [0.717, 1.165) is 23.0 Å². The molecular formula is C23H19F6N7O2. The predicted molar refractivity (Wildman–Crippen MR) is 126 cm³/mol. The molecule has 0 saturated heterocycles. The number of benzene rings is 1. The Morgan fingerprint density at radius 3 is 2.61 bits per heavy atom. The fraction of sp³-hybridized carbons (Fsp3) is 0.261. The number of anilines is 2. The van der Waals surface area contributed by atoms with Crippen LogP contribution >= 0.6 is 0 Å². The fourth-order valence-corrected chi connectivity index (χ4v) is 3.95. The summed E-state index contributed by atoms with van der Waals surface area (Å²) in [4.78, 5) is 31.6. The van der Waals surface area contributed by atoms with E-state index < -0.39 is 64.9 Å². The number of halogens is 6. The van der Waals surface area contributed by atoms with Gasteiger partial charge in [0.25, 0.3) is 17.1 Å². The zero-order valence-electron chi connectivity index (χ0n) is 19.5. The van der Waals surface area contributed by atoms with Gasteiger partial charge in [-0.15, -0.1) is 0 Å². The first-order valence-corrected chi connectivity index (χ1v) is 11.0. The molecule has 4 aromatic rings. The molecule has 0 spiro atoms. The number of nitrogen functional groups attached to an aromatic ring is 1. The highest BCUT2D eigenvalue weighted by molar-refractivity contribution is 5.86. The molecule has 0 radical (unpaired) electrons. The van der Waals surface area contributed by atoms with Crippen LogP contribution in [0.1, 0.15) is 18.9 Å². The van der Waals surface area contributed by atoms with Crippen LogP contribution in [-0.2, 0) is 12.7 Å². The predicted octanol–water partition coefficient (Wildman–Crippen LogP) is 3.65. The zero-order chi connectivity index (χ0) is 27.8. The molecule has 4 rings (SSSR count). The van der Waals surface area contributed by atoms with E-state index in [1.165, 1.54) is 25.3 Å². The Labute approximate surface area is 209 Å². The molecule has 0 fully saturated rings. The molecule has 15 heteroatoms. The van der Waals surface area contributed by atoms with Gasteiger partial charge in [0, 0.05) is 24.2 Å². The summed E-state index contributed by atoms with van der Waals surface area (Å²) in [6.07, 6.45) is -3.94. The Kier molecular flexibility index (Phi) is 7.11. The standard InChI is InChI=1S/C23H19F6N7O2/c1-10(33-17-8-32-35-21(37)18(17)23(27,28)29)4-12(24)9-36-3-2-11-5-14(15(25)6-13(11)22(36)38)16-7-31-19(26)20(30)34-16/h2-3,5-8,10,12H,4,9H2,1H3,(H2,30,34)(H2,33,35,37)/t10-,12+/m0/s1. The highest BCUT2D eigenvalue weighted by atomic mass is 19.4. The Morgan fingerprint density at radius 1 is 1.18 bits per heavy atom. The van der Waals surface area contributed by atoms with E-state index >= 15 is 0 Å². The molecular weight excluding hydrogens is 520 g/mol. The largest absolute Gasteiger partial charge is 0.423 e. The molecule has 3 heterocycles. The first-order chi connectivity index (χ1) is 17.8. The third kappa shape index (κ3) is 5.45. The molecule has 0 aliphatic heterocycles. The first-order valence-electron chi connectivity index (χ1n) is 11.0. The van der Waals surface area contributed by atoms with Crippen LogP contribution in [0.15, 0.2) is 46.4 Å². The molecule has 0 aliphatic carbocycles. The number of aromatic amines is 1. The van der Waals surface area contributed by atoms with E-state index in [4.69, 9.17) is 5.73 Å². The number of pyridine rings is 1.